The fourth-order valence-electron chi connectivity index (χ4n) is 2.31. The molecule has 3 rings (SSSR count). The fraction of sp³-hybridized carbons (Fsp3) is 0.357. The van der Waals surface area contributed by atoms with Crippen LogP contribution in [0.3, 0.4) is 0 Å². The number of amides is 1. The third kappa shape index (κ3) is 2.68. The van der Waals surface area contributed by atoms with E-state index in [9.17, 15) is 9.18 Å². The Hall–Kier alpha value is -2.24. The summed E-state index contributed by atoms with van der Waals surface area (Å²) in [6.45, 7) is 0.692. The lowest BCUT2D eigenvalue weighted by atomic mass is 10.00. The number of halogens is 1. The molecule has 104 valence electrons. The van der Waals surface area contributed by atoms with Crippen LogP contribution in [0.15, 0.2) is 28.8 Å². The van der Waals surface area contributed by atoms with Crippen LogP contribution in [0.4, 0.5) is 4.39 Å². The second kappa shape index (κ2) is 5.40. The van der Waals surface area contributed by atoms with E-state index in [0.717, 1.165) is 12.8 Å². The van der Waals surface area contributed by atoms with Crippen LogP contribution < -0.4 is 5.32 Å². The Morgan fingerprint density at radius 3 is 2.90 bits per heavy atom. The summed E-state index contributed by atoms with van der Waals surface area (Å²) in [7, 11) is 0. The third-order valence-corrected chi connectivity index (χ3v) is 3.38. The van der Waals surface area contributed by atoms with E-state index >= 15 is 0 Å². The molecule has 1 aliphatic heterocycles. The molecule has 0 saturated carbocycles. The summed E-state index contributed by atoms with van der Waals surface area (Å²) in [6.07, 6.45) is 2.13. The average Bonchev–Trinajstić information content (AvgIpc) is 2.83. The Kier molecular flexibility index (Phi) is 3.45. The Labute approximate surface area is 115 Å². The van der Waals surface area contributed by atoms with Gasteiger partial charge in [0.2, 0.25) is 5.91 Å². The van der Waals surface area contributed by atoms with E-state index in [2.05, 4.69) is 15.5 Å². The molecule has 0 spiro atoms. The lowest BCUT2D eigenvalue weighted by Gasteiger charge is -2.05. The van der Waals surface area contributed by atoms with Gasteiger partial charge in [-0.3, -0.25) is 4.79 Å². The van der Waals surface area contributed by atoms with Crippen molar-refractivity contribution in [3.63, 3.8) is 0 Å². The van der Waals surface area contributed by atoms with Gasteiger partial charge in [-0.1, -0.05) is 5.16 Å². The fourth-order valence-corrected chi connectivity index (χ4v) is 2.31. The van der Waals surface area contributed by atoms with Crippen LogP contribution in [0, 0.1) is 5.82 Å². The van der Waals surface area contributed by atoms with Crippen LogP contribution in [0.1, 0.15) is 31.0 Å². The molecule has 0 aliphatic carbocycles. The first kappa shape index (κ1) is 12.8. The van der Waals surface area contributed by atoms with Crippen LogP contribution in [0.5, 0.6) is 0 Å². The summed E-state index contributed by atoms with van der Waals surface area (Å²) in [5, 5.41) is 6.78. The van der Waals surface area contributed by atoms with Crippen molar-refractivity contribution in [2.75, 3.05) is 6.54 Å². The van der Waals surface area contributed by atoms with Crippen molar-refractivity contribution < 1.29 is 13.7 Å². The molecule has 1 aliphatic rings. The monoisotopic (exact) mass is 275 g/mol. The Bertz CT molecular complexity index is 609. The van der Waals surface area contributed by atoms with Gasteiger partial charge in [-0.2, -0.15) is 4.98 Å². The molecule has 6 heteroatoms. The molecule has 5 nitrogen and oxygen atoms in total. The summed E-state index contributed by atoms with van der Waals surface area (Å²) < 4.78 is 18.1. The van der Waals surface area contributed by atoms with Gasteiger partial charge in [0, 0.05) is 24.4 Å². The van der Waals surface area contributed by atoms with Crippen molar-refractivity contribution in [3.8, 4) is 11.5 Å². The molecule has 1 N–H and O–H groups in total. The summed E-state index contributed by atoms with van der Waals surface area (Å²) in [6, 6.07) is 5.87. The van der Waals surface area contributed by atoms with Gasteiger partial charge in [0.15, 0.2) is 5.82 Å². The minimum atomic E-state index is -0.311. The van der Waals surface area contributed by atoms with Crippen molar-refractivity contribution in [2.24, 2.45) is 0 Å². The molecule has 1 saturated heterocycles. The van der Waals surface area contributed by atoms with Gasteiger partial charge in [0.1, 0.15) is 5.82 Å². The highest BCUT2D eigenvalue weighted by molar-refractivity contribution is 5.77. The highest BCUT2D eigenvalue weighted by Gasteiger charge is 2.24. The van der Waals surface area contributed by atoms with Gasteiger partial charge in [0.05, 0.1) is 0 Å². The second-order valence-corrected chi connectivity index (χ2v) is 4.86. The molecule has 1 amide bonds. The van der Waals surface area contributed by atoms with E-state index < -0.39 is 0 Å². The first-order valence-electron chi connectivity index (χ1n) is 6.58. The van der Waals surface area contributed by atoms with Gasteiger partial charge in [-0.05, 0) is 37.1 Å². The SMILES string of the molecule is O=C1CC(c2noc(-c3ccc(F)cc3)n2)CCCN1. The van der Waals surface area contributed by atoms with Crippen molar-refractivity contribution in [2.45, 2.75) is 25.2 Å². The number of benzene rings is 1. The molecule has 20 heavy (non-hydrogen) atoms. The van der Waals surface area contributed by atoms with E-state index in [4.69, 9.17) is 4.52 Å². The van der Waals surface area contributed by atoms with Gasteiger partial charge in [-0.15, -0.1) is 0 Å². The lowest BCUT2D eigenvalue weighted by molar-refractivity contribution is -0.121. The standard InChI is InChI=1S/C14H14FN3O2/c15-11-5-3-9(4-6-11)14-17-13(18-20-14)10-2-1-7-16-12(19)8-10/h3-6,10H,1-2,7-8H2,(H,16,19). The first-order valence-corrected chi connectivity index (χ1v) is 6.58. The smallest absolute Gasteiger partial charge is 0.257 e. The van der Waals surface area contributed by atoms with Crippen molar-refractivity contribution in [1.29, 1.82) is 0 Å². The largest absolute Gasteiger partial charge is 0.356 e. The highest BCUT2D eigenvalue weighted by atomic mass is 19.1. The molecule has 1 atom stereocenters. The number of rotatable bonds is 2. The number of nitrogens with zero attached hydrogens (tertiary/aromatic N) is 2. The number of aromatic nitrogens is 2. The molecule has 1 aromatic heterocycles. The van der Waals surface area contributed by atoms with Gasteiger partial charge >= 0.3 is 0 Å². The quantitative estimate of drug-likeness (QED) is 0.912. The van der Waals surface area contributed by atoms with Crippen LogP contribution in [0.25, 0.3) is 11.5 Å². The number of carbonyl (C=O) groups is 1. The van der Waals surface area contributed by atoms with E-state index in [1.807, 2.05) is 0 Å². The number of carbonyl (C=O) groups excluding carboxylic acids is 1. The summed E-state index contributed by atoms with van der Waals surface area (Å²) in [5.41, 5.74) is 0.670. The number of hydrogen-bond donors (Lipinski definition) is 1. The maximum Gasteiger partial charge on any atom is 0.257 e. The van der Waals surface area contributed by atoms with Crippen molar-refractivity contribution >= 4 is 5.91 Å². The molecule has 1 aromatic carbocycles. The average molecular weight is 275 g/mol. The van der Waals surface area contributed by atoms with Crippen LogP contribution in [-0.2, 0) is 4.79 Å². The first-order chi connectivity index (χ1) is 9.72. The summed E-state index contributed by atoms with van der Waals surface area (Å²) >= 11 is 0. The van der Waals surface area contributed by atoms with Gasteiger partial charge in [-0.25, -0.2) is 4.39 Å². The number of hydrogen-bond acceptors (Lipinski definition) is 4. The van der Waals surface area contributed by atoms with Crippen LogP contribution in [-0.4, -0.2) is 22.6 Å². The second-order valence-electron chi connectivity index (χ2n) is 4.86. The Morgan fingerprint density at radius 2 is 2.10 bits per heavy atom. The zero-order valence-electron chi connectivity index (χ0n) is 10.8. The van der Waals surface area contributed by atoms with E-state index in [0.29, 0.717) is 30.2 Å². The number of nitrogens with one attached hydrogen (secondary N) is 1. The van der Waals surface area contributed by atoms with E-state index in [-0.39, 0.29) is 17.6 Å². The molecule has 2 heterocycles. The van der Waals surface area contributed by atoms with Gasteiger partial charge in [0.25, 0.3) is 5.89 Å². The predicted molar refractivity (Wildman–Crippen MR) is 69.3 cm³/mol. The van der Waals surface area contributed by atoms with Crippen molar-refractivity contribution in [1.82, 2.24) is 15.5 Å². The third-order valence-electron chi connectivity index (χ3n) is 3.38. The molecule has 0 radical (unpaired) electrons. The van der Waals surface area contributed by atoms with E-state index in [1.165, 1.54) is 12.1 Å². The maximum absolute atomic E-state index is 12.9. The molecule has 1 fully saturated rings. The molecule has 1 unspecified atom stereocenters. The normalized spacial score (nSPS) is 19.4. The highest BCUT2D eigenvalue weighted by Crippen LogP contribution is 2.26. The van der Waals surface area contributed by atoms with Crippen LogP contribution in [0.2, 0.25) is 0 Å². The predicted octanol–water partition coefficient (Wildman–Crippen LogP) is 2.26. The molecular formula is C14H14FN3O2. The Balaban J connectivity index is 1.82. The topological polar surface area (TPSA) is 68.0 Å². The van der Waals surface area contributed by atoms with E-state index in [1.54, 1.807) is 12.1 Å². The zero-order valence-corrected chi connectivity index (χ0v) is 10.8. The minimum Gasteiger partial charge on any atom is -0.356 e. The van der Waals surface area contributed by atoms with Crippen LogP contribution >= 0.6 is 0 Å². The summed E-state index contributed by atoms with van der Waals surface area (Å²) in [5.74, 6) is 0.580. The molecule has 0 bridgehead atoms. The molecule has 2 aromatic rings. The lowest BCUT2D eigenvalue weighted by Crippen LogP contribution is -2.22. The Morgan fingerprint density at radius 1 is 1.30 bits per heavy atom. The zero-order chi connectivity index (χ0) is 13.9. The summed E-state index contributed by atoms with van der Waals surface area (Å²) in [4.78, 5) is 15.9. The molecular weight excluding hydrogens is 261 g/mol. The van der Waals surface area contributed by atoms with Crippen molar-refractivity contribution in [3.05, 3.63) is 35.9 Å². The van der Waals surface area contributed by atoms with Gasteiger partial charge < -0.3 is 9.84 Å². The minimum absolute atomic E-state index is 0.0145. The maximum atomic E-state index is 12.9.